The molecule has 1 fully saturated rings. The van der Waals surface area contributed by atoms with Gasteiger partial charge in [0.15, 0.2) is 0 Å². The number of ether oxygens (including phenoxy) is 1. The fraction of sp³-hybridized carbons (Fsp3) is 0.375. The molecule has 3 rings (SSSR count). The van der Waals surface area contributed by atoms with Gasteiger partial charge in [0.2, 0.25) is 0 Å². The number of amides is 1. The second kappa shape index (κ2) is 6.58. The van der Waals surface area contributed by atoms with Crippen LogP contribution in [0.3, 0.4) is 0 Å². The second-order valence-corrected chi connectivity index (χ2v) is 5.47. The predicted molar refractivity (Wildman–Crippen MR) is 81.3 cm³/mol. The first-order valence-electron chi connectivity index (χ1n) is 7.43. The van der Waals surface area contributed by atoms with Crippen molar-refractivity contribution < 1.29 is 9.53 Å². The summed E-state index contributed by atoms with van der Waals surface area (Å²) < 4.78 is 7.59. The lowest BCUT2D eigenvalue weighted by atomic mass is 9.99. The molecule has 3 heterocycles. The van der Waals surface area contributed by atoms with Gasteiger partial charge in [0.05, 0.1) is 11.3 Å². The van der Waals surface area contributed by atoms with Gasteiger partial charge in [0.1, 0.15) is 17.9 Å². The summed E-state index contributed by atoms with van der Waals surface area (Å²) in [7, 11) is 1.88. The van der Waals surface area contributed by atoms with Crippen molar-refractivity contribution in [3.63, 3.8) is 0 Å². The van der Waals surface area contributed by atoms with E-state index in [1.54, 1.807) is 23.0 Å². The highest BCUT2D eigenvalue weighted by atomic mass is 16.5. The van der Waals surface area contributed by atoms with Crippen LogP contribution in [0.2, 0.25) is 0 Å². The van der Waals surface area contributed by atoms with E-state index in [0.29, 0.717) is 24.4 Å². The number of aromatic nitrogens is 3. The third-order valence-corrected chi connectivity index (χ3v) is 4.01. The normalized spacial score (nSPS) is 20.2. The standard InChI is InChI=1S/C16H17N5O2/c1-21-14(4-6-20-21)15-12(5-7-23-15)10-19-16(22)13-3-2-11(8-17)9-18-13/h2-4,6,9,12,15H,5,7,10H2,1H3,(H,19,22)/t12-,15+/m0/s1. The molecule has 1 amide bonds. The third-order valence-electron chi connectivity index (χ3n) is 4.01. The van der Waals surface area contributed by atoms with Crippen LogP contribution < -0.4 is 5.32 Å². The molecule has 0 spiro atoms. The Balaban J connectivity index is 1.62. The summed E-state index contributed by atoms with van der Waals surface area (Å²) in [6.07, 6.45) is 3.97. The van der Waals surface area contributed by atoms with Crippen molar-refractivity contribution in [3.05, 3.63) is 47.5 Å². The Kier molecular flexibility index (Phi) is 4.35. The molecule has 1 aliphatic heterocycles. The van der Waals surface area contributed by atoms with Gasteiger partial charge >= 0.3 is 0 Å². The number of carbonyl (C=O) groups excluding carboxylic acids is 1. The molecule has 2 aromatic rings. The zero-order chi connectivity index (χ0) is 16.2. The number of pyridine rings is 1. The zero-order valence-corrected chi connectivity index (χ0v) is 12.8. The molecule has 2 aromatic heterocycles. The molecule has 2 atom stereocenters. The van der Waals surface area contributed by atoms with Gasteiger partial charge in [-0.25, -0.2) is 4.98 Å². The largest absolute Gasteiger partial charge is 0.372 e. The summed E-state index contributed by atoms with van der Waals surface area (Å²) >= 11 is 0. The van der Waals surface area contributed by atoms with E-state index in [9.17, 15) is 4.79 Å². The van der Waals surface area contributed by atoms with E-state index in [1.807, 2.05) is 19.2 Å². The zero-order valence-electron chi connectivity index (χ0n) is 12.8. The number of carbonyl (C=O) groups is 1. The molecule has 0 radical (unpaired) electrons. The van der Waals surface area contributed by atoms with Gasteiger partial charge < -0.3 is 10.1 Å². The van der Waals surface area contributed by atoms with E-state index in [-0.39, 0.29) is 17.9 Å². The summed E-state index contributed by atoms with van der Waals surface area (Å²) in [5.41, 5.74) is 1.75. The number of nitriles is 1. The smallest absolute Gasteiger partial charge is 0.269 e. The minimum atomic E-state index is -0.245. The van der Waals surface area contributed by atoms with Gasteiger partial charge in [-0.1, -0.05) is 0 Å². The van der Waals surface area contributed by atoms with E-state index in [2.05, 4.69) is 15.4 Å². The number of aryl methyl sites for hydroxylation is 1. The SMILES string of the molecule is Cn1nccc1[C@@H]1OCC[C@H]1CNC(=O)c1ccc(C#N)cn1. The molecule has 0 aliphatic carbocycles. The third kappa shape index (κ3) is 3.22. The molecule has 1 N–H and O–H groups in total. The minimum Gasteiger partial charge on any atom is -0.372 e. The quantitative estimate of drug-likeness (QED) is 0.915. The van der Waals surface area contributed by atoms with Crippen LogP contribution in [0.15, 0.2) is 30.6 Å². The van der Waals surface area contributed by atoms with Crippen LogP contribution >= 0.6 is 0 Å². The summed E-state index contributed by atoms with van der Waals surface area (Å²) in [6.45, 7) is 1.18. The van der Waals surface area contributed by atoms with Gasteiger partial charge in [-0.15, -0.1) is 0 Å². The summed E-state index contributed by atoms with van der Waals surface area (Å²) in [4.78, 5) is 16.1. The summed E-state index contributed by atoms with van der Waals surface area (Å²) in [5.74, 6) is -0.0436. The molecule has 23 heavy (non-hydrogen) atoms. The first kappa shape index (κ1) is 15.2. The van der Waals surface area contributed by atoms with E-state index in [4.69, 9.17) is 10.00 Å². The topological polar surface area (TPSA) is 92.8 Å². The average molecular weight is 311 g/mol. The maximum Gasteiger partial charge on any atom is 0.269 e. The molecule has 1 aliphatic rings. The van der Waals surface area contributed by atoms with Crippen LogP contribution in [0.1, 0.15) is 34.3 Å². The summed E-state index contributed by atoms with van der Waals surface area (Å²) in [5, 5.41) is 15.8. The van der Waals surface area contributed by atoms with E-state index in [1.165, 1.54) is 6.20 Å². The van der Waals surface area contributed by atoms with Crippen LogP contribution in [-0.2, 0) is 11.8 Å². The van der Waals surface area contributed by atoms with Crippen LogP contribution in [0, 0.1) is 17.2 Å². The Labute approximate surface area is 133 Å². The van der Waals surface area contributed by atoms with Crippen molar-refractivity contribution in [1.29, 1.82) is 5.26 Å². The van der Waals surface area contributed by atoms with Gasteiger partial charge in [0.25, 0.3) is 5.91 Å². The van der Waals surface area contributed by atoms with Gasteiger partial charge in [-0.05, 0) is 24.6 Å². The van der Waals surface area contributed by atoms with Gasteiger partial charge in [-0.2, -0.15) is 10.4 Å². The van der Waals surface area contributed by atoms with Crippen molar-refractivity contribution >= 4 is 5.91 Å². The lowest BCUT2D eigenvalue weighted by Gasteiger charge is -2.19. The lowest BCUT2D eigenvalue weighted by Crippen LogP contribution is -2.31. The maximum atomic E-state index is 12.1. The molecule has 118 valence electrons. The average Bonchev–Trinajstić information content (AvgIpc) is 3.20. The highest BCUT2D eigenvalue weighted by Crippen LogP contribution is 2.33. The van der Waals surface area contributed by atoms with Gasteiger partial charge in [-0.3, -0.25) is 9.48 Å². The fourth-order valence-electron chi connectivity index (χ4n) is 2.74. The Bertz CT molecular complexity index is 732. The van der Waals surface area contributed by atoms with E-state index in [0.717, 1.165) is 12.1 Å². The Morgan fingerprint density at radius 2 is 2.39 bits per heavy atom. The maximum absolute atomic E-state index is 12.1. The lowest BCUT2D eigenvalue weighted by molar-refractivity contribution is 0.0799. The van der Waals surface area contributed by atoms with Crippen LogP contribution in [0.25, 0.3) is 0 Å². The Morgan fingerprint density at radius 3 is 3.04 bits per heavy atom. The first-order chi connectivity index (χ1) is 11.2. The van der Waals surface area contributed by atoms with Crippen molar-refractivity contribution in [1.82, 2.24) is 20.1 Å². The van der Waals surface area contributed by atoms with E-state index < -0.39 is 0 Å². The molecular weight excluding hydrogens is 294 g/mol. The van der Waals surface area contributed by atoms with E-state index >= 15 is 0 Å². The number of hydrogen-bond donors (Lipinski definition) is 1. The van der Waals surface area contributed by atoms with Crippen LogP contribution in [-0.4, -0.2) is 33.8 Å². The second-order valence-electron chi connectivity index (χ2n) is 5.47. The van der Waals surface area contributed by atoms with Crippen LogP contribution in [0.5, 0.6) is 0 Å². The van der Waals surface area contributed by atoms with Crippen molar-refractivity contribution in [2.45, 2.75) is 12.5 Å². The molecule has 7 nitrogen and oxygen atoms in total. The first-order valence-corrected chi connectivity index (χ1v) is 7.43. The molecule has 7 heteroatoms. The van der Waals surface area contributed by atoms with Gasteiger partial charge in [0, 0.05) is 38.5 Å². The van der Waals surface area contributed by atoms with Crippen molar-refractivity contribution in [2.75, 3.05) is 13.2 Å². The number of nitrogens with one attached hydrogen (secondary N) is 1. The summed E-state index contributed by atoms with van der Waals surface area (Å²) in [6, 6.07) is 7.05. The molecule has 0 unspecified atom stereocenters. The van der Waals surface area contributed by atoms with Crippen molar-refractivity contribution in [3.8, 4) is 6.07 Å². The molecule has 0 bridgehead atoms. The monoisotopic (exact) mass is 311 g/mol. The minimum absolute atomic E-state index is 0.0586. The predicted octanol–water partition coefficient (Wildman–Crippen LogP) is 1.19. The molecule has 1 saturated heterocycles. The Morgan fingerprint density at radius 1 is 1.52 bits per heavy atom. The van der Waals surface area contributed by atoms with Crippen molar-refractivity contribution in [2.24, 2.45) is 13.0 Å². The highest BCUT2D eigenvalue weighted by Gasteiger charge is 2.31. The molecule has 0 saturated carbocycles. The molecule has 0 aromatic carbocycles. The Hall–Kier alpha value is -2.72. The molecular formula is C16H17N5O2. The fourth-order valence-corrected chi connectivity index (χ4v) is 2.74. The number of rotatable bonds is 4. The number of nitrogens with zero attached hydrogens (tertiary/aromatic N) is 4. The number of hydrogen-bond acceptors (Lipinski definition) is 5. The highest BCUT2D eigenvalue weighted by molar-refractivity contribution is 5.92. The van der Waals surface area contributed by atoms with Crippen LogP contribution in [0.4, 0.5) is 0 Å².